The topological polar surface area (TPSA) is 64.1 Å². The Balaban J connectivity index is 1.29. The molecular weight excluding hydrogens is 382 g/mol. The number of benzene rings is 2. The van der Waals surface area contributed by atoms with Crippen LogP contribution in [-0.2, 0) is 11.2 Å². The summed E-state index contributed by atoms with van der Waals surface area (Å²) in [5.41, 5.74) is 2.74. The number of hydrogen-bond donors (Lipinski definition) is 1. The van der Waals surface area contributed by atoms with Crippen LogP contribution < -0.4 is 10.1 Å². The van der Waals surface area contributed by atoms with E-state index in [1.54, 1.807) is 23.7 Å². The zero-order valence-corrected chi connectivity index (χ0v) is 16.9. The average Bonchev–Trinajstić information content (AvgIpc) is 3.14. The summed E-state index contributed by atoms with van der Waals surface area (Å²) in [4.78, 5) is 21.0. The lowest BCUT2D eigenvalue weighted by Crippen LogP contribution is -2.11. The molecule has 0 bridgehead atoms. The van der Waals surface area contributed by atoms with Crippen LogP contribution in [0.1, 0.15) is 23.4 Å². The molecule has 0 aliphatic rings. The number of rotatable bonds is 7. The number of carbonyl (C=O) groups is 1. The first-order valence-electron chi connectivity index (χ1n) is 9.50. The largest absolute Gasteiger partial charge is 0.455 e. The molecule has 1 amide bonds. The number of aromatic nitrogens is 2. The molecule has 4 aromatic rings. The van der Waals surface area contributed by atoms with Crippen LogP contribution in [0.4, 0.5) is 5.69 Å². The van der Waals surface area contributed by atoms with Gasteiger partial charge in [-0.05, 0) is 67.8 Å². The van der Waals surface area contributed by atoms with E-state index in [0.717, 1.165) is 40.4 Å². The average molecular weight is 404 g/mol. The Morgan fingerprint density at radius 3 is 2.83 bits per heavy atom. The van der Waals surface area contributed by atoms with Gasteiger partial charge < -0.3 is 10.1 Å². The molecule has 0 aliphatic heterocycles. The zero-order chi connectivity index (χ0) is 20.1. The van der Waals surface area contributed by atoms with Crippen LogP contribution >= 0.6 is 11.3 Å². The number of pyridine rings is 1. The van der Waals surface area contributed by atoms with Gasteiger partial charge in [-0.3, -0.25) is 9.78 Å². The van der Waals surface area contributed by atoms with Gasteiger partial charge in [0.2, 0.25) is 5.91 Å². The molecule has 0 atom stereocenters. The molecule has 0 unspecified atom stereocenters. The van der Waals surface area contributed by atoms with Gasteiger partial charge in [0.25, 0.3) is 0 Å². The van der Waals surface area contributed by atoms with E-state index >= 15 is 0 Å². The maximum absolute atomic E-state index is 12.3. The maximum atomic E-state index is 12.3. The number of amides is 1. The number of hydrogen-bond acceptors (Lipinski definition) is 5. The van der Waals surface area contributed by atoms with Crippen molar-refractivity contribution >= 4 is 33.1 Å². The van der Waals surface area contributed by atoms with Crippen molar-refractivity contribution in [3.8, 4) is 11.5 Å². The van der Waals surface area contributed by atoms with Crippen LogP contribution in [-0.4, -0.2) is 15.9 Å². The minimum Gasteiger partial charge on any atom is -0.455 e. The molecule has 1 N–H and O–H groups in total. The van der Waals surface area contributed by atoms with Gasteiger partial charge in [-0.1, -0.05) is 12.1 Å². The molecule has 4 rings (SSSR count). The second-order valence-corrected chi connectivity index (χ2v) is 7.86. The van der Waals surface area contributed by atoms with Crippen LogP contribution in [0.25, 0.3) is 10.2 Å². The summed E-state index contributed by atoms with van der Waals surface area (Å²) in [6.45, 7) is 1.95. The Hall–Kier alpha value is -3.25. The van der Waals surface area contributed by atoms with Crippen molar-refractivity contribution in [2.45, 2.75) is 26.2 Å². The van der Waals surface area contributed by atoms with E-state index in [1.807, 2.05) is 55.5 Å². The number of thiazole rings is 1. The fourth-order valence-corrected chi connectivity index (χ4v) is 4.04. The summed E-state index contributed by atoms with van der Waals surface area (Å²) in [6, 6.07) is 17.4. The zero-order valence-electron chi connectivity index (χ0n) is 16.1. The van der Waals surface area contributed by atoms with E-state index in [2.05, 4.69) is 21.4 Å². The van der Waals surface area contributed by atoms with Crippen molar-refractivity contribution in [2.24, 2.45) is 0 Å². The van der Waals surface area contributed by atoms with Crippen molar-refractivity contribution in [1.82, 2.24) is 9.97 Å². The predicted octanol–water partition coefficient (Wildman–Crippen LogP) is 5.75. The number of aryl methyl sites for hydroxylation is 2. The highest BCUT2D eigenvalue weighted by molar-refractivity contribution is 7.18. The minimum absolute atomic E-state index is 0.00596. The Labute approximate surface area is 173 Å². The summed E-state index contributed by atoms with van der Waals surface area (Å²) in [5, 5.41) is 4.04. The van der Waals surface area contributed by atoms with E-state index in [4.69, 9.17) is 4.74 Å². The summed E-state index contributed by atoms with van der Waals surface area (Å²) in [6.07, 6.45) is 5.41. The van der Waals surface area contributed by atoms with Gasteiger partial charge in [-0.15, -0.1) is 11.3 Å². The first-order chi connectivity index (χ1) is 14.2. The molecule has 0 saturated carbocycles. The monoisotopic (exact) mass is 403 g/mol. The Bertz CT molecular complexity index is 1090. The van der Waals surface area contributed by atoms with E-state index in [0.29, 0.717) is 12.2 Å². The molecule has 2 aromatic carbocycles. The molecule has 29 heavy (non-hydrogen) atoms. The van der Waals surface area contributed by atoms with Gasteiger partial charge >= 0.3 is 0 Å². The molecule has 2 heterocycles. The van der Waals surface area contributed by atoms with Crippen molar-refractivity contribution in [3.05, 3.63) is 77.6 Å². The molecule has 2 aromatic heterocycles. The molecule has 146 valence electrons. The fraction of sp³-hybridized carbons (Fsp3) is 0.174. The van der Waals surface area contributed by atoms with E-state index in [9.17, 15) is 4.79 Å². The lowest BCUT2D eigenvalue weighted by molar-refractivity contribution is -0.116. The number of para-hydroxylation sites is 1. The number of fused-ring (bicyclic) bond motifs is 1. The van der Waals surface area contributed by atoms with Gasteiger partial charge in [-0.25, -0.2) is 4.98 Å². The molecule has 0 aliphatic carbocycles. The van der Waals surface area contributed by atoms with E-state index in [-0.39, 0.29) is 5.91 Å². The highest BCUT2D eigenvalue weighted by Crippen LogP contribution is 2.27. The summed E-state index contributed by atoms with van der Waals surface area (Å²) >= 11 is 1.70. The van der Waals surface area contributed by atoms with Gasteiger partial charge in [0.15, 0.2) is 0 Å². The second-order valence-electron chi connectivity index (χ2n) is 6.75. The smallest absolute Gasteiger partial charge is 0.224 e. The molecule has 5 nitrogen and oxygen atoms in total. The first kappa shape index (κ1) is 19.1. The predicted molar refractivity (Wildman–Crippen MR) is 117 cm³/mol. The van der Waals surface area contributed by atoms with Gasteiger partial charge in [-0.2, -0.15) is 0 Å². The highest BCUT2D eigenvalue weighted by Gasteiger charge is 2.08. The van der Waals surface area contributed by atoms with Gasteiger partial charge in [0.1, 0.15) is 11.5 Å². The fourth-order valence-electron chi connectivity index (χ4n) is 3.03. The number of nitrogens with one attached hydrogen (secondary N) is 1. The maximum Gasteiger partial charge on any atom is 0.224 e. The van der Waals surface area contributed by atoms with Gasteiger partial charge in [0, 0.05) is 18.3 Å². The van der Waals surface area contributed by atoms with Crippen molar-refractivity contribution in [3.63, 3.8) is 0 Å². The number of anilines is 1. The third-order valence-corrected chi connectivity index (χ3v) is 5.55. The first-order valence-corrected chi connectivity index (χ1v) is 10.3. The SMILES string of the molecule is Cc1cc(NC(=O)CCCc2nc3ccccc3s2)ccc1Oc1cccnc1. The van der Waals surface area contributed by atoms with Crippen LogP contribution in [0.2, 0.25) is 0 Å². The summed E-state index contributed by atoms with van der Waals surface area (Å²) in [7, 11) is 0. The van der Waals surface area contributed by atoms with Gasteiger partial charge in [0.05, 0.1) is 21.4 Å². The van der Waals surface area contributed by atoms with Crippen LogP contribution in [0, 0.1) is 6.92 Å². The summed E-state index contributed by atoms with van der Waals surface area (Å²) in [5.74, 6) is 1.43. The van der Waals surface area contributed by atoms with E-state index in [1.165, 1.54) is 4.70 Å². The van der Waals surface area contributed by atoms with Crippen molar-refractivity contribution in [2.75, 3.05) is 5.32 Å². The summed E-state index contributed by atoms with van der Waals surface area (Å²) < 4.78 is 7.02. The second kappa shape index (κ2) is 8.84. The Kier molecular flexibility index (Phi) is 5.81. The molecule has 0 fully saturated rings. The molecule has 6 heteroatoms. The number of ether oxygens (including phenoxy) is 1. The van der Waals surface area contributed by atoms with E-state index < -0.39 is 0 Å². The standard InChI is InChI=1S/C23H21N3O2S/c1-16-14-17(11-12-20(16)28-18-6-5-13-24-15-18)25-22(27)9-4-10-23-26-19-7-2-3-8-21(19)29-23/h2-3,5-8,11-15H,4,9-10H2,1H3,(H,25,27). The third-order valence-electron chi connectivity index (χ3n) is 4.45. The third kappa shape index (κ3) is 4.97. The molecule has 0 saturated heterocycles. The molecular formula is C23H21N3O2S. The van der Waals surface area contributed by atoms with Crippen LogP contribution in [0.3, 0.4) is 0 Å². The quantitative estimate of drug-likeness (QED) is 0.426. The number of carbonyl (C=O) groups excluding carboxylic acids is 1. The Morgan fingerprint density at radius 1 is 1.14 bits per heavy atom. The van der Waals surface area contributed by atoms with Crippen LogP contribution in [0.15, 0.2) is 67.0 Å². The normalized spacial score (nSPS) is 10.8. The minimum atomic E-state index is 0.00596. The van der Waals surface area contributed by atoms with Crippen molar-refractivity contribution in [1.29, 1.82) is 0 Å². The van der Waals surface area contributed by atoms with Crippen LogP contribution in [0.5, 0.6) is 11.5 Å². The molecule has 0 spiro atoms. The lowest BCUT2D eigenvalue weighted by Gasteiger charge is -2.11. The lowest BCUT2D eigenvalue weighted by atomic mass is 10.2. The molecule has 0 radical (unpaired) electrons. The van der Waals surface area contributed by atoms with Crippen molar-refractivity contribution < 1.29 is 9.53 Å². The highest BCUT2D eigenvalue weighted by atomic mass is 32.1. The Morgan fingerprint density at radius 2 is 2.03 bits per heavy atom. The number of nitrogens with zero attached hydrogens (tertiary/aromatic N) is 2.